The van der Waals surface area contributed by atoms with Crippen molar-refractivity contribution in [2.45, 2.75) is 6.54 Å². The van der Waals surface area contributed by atoms with Crippen LogP contribution in [0.2, 0.25) is 0 Å². The summed E-state index contributed by atoms with van der Waals surface area (Å²) in [5.41, 5.74) is 1.93. The number of halogens is 1. The molecule has 1 aliphatic heterocycles. The quantitative estimate of drug-likeness (QED) is 0.849. The molecule has 1 heterocycles. The Balaban J connectivity index is 1.56. The van der Waals surface area contributed by atoms with Gasteiger partial charge in [-0.3, -0.25) is 4.79 Å². The number of carbonyl (C=O) groups is 1. The SMILES string of the molecule is O=C(/C=C/c1cccc(Br)c1)NCc1ccc2c(c1)OCO2. The van der Waals surface area contributed by atoms with Gasteiger partial charge in [-0.25, -0.2) is 0 Å². The Morgan fingerprint density at radius 2 is 2.05 bits per heavy atom. The Kier molecular flexibility index (Phi) is 4.44. The zero-order valence-corrected chi connectivity index (χ0v) is 13.3. The number of amides is 1. The maximum atomic E-state index is 11.8. The van der Waals surface area contributed by atoms with Gasteiger partial charge in [0.1, 0.15) is 0 Å². The number of nitrogens with one attached hydrogen (secondary N) is 1. The normalized spacial score (nSPS) is 12.6. The molecule has 1 amide bonds. The van der Waals surface area contributed by atoms with Crippen molar-refractivity contribution in [2.24, 2.45) is 0 Å². The Morgan fingerprint density at radius 1 is 1.18 bits per heavy atom. The molecule has 0 aliphatic carbocycles. The Labute approximate surface area is 136 Å². The molecule has 0 aromatic heterocycles. The molecule has 1 aliphatic rings. The van der Waals surface area contributed by atoms with Gasteiger partial charge in [0, 0.05) is 17.1 Å². The van der Waals surface area contributed by atoms with Gasteiger partial charge < -0.3 is 14.8 Å². The van der Waals surface area contributed by atoms with Crippen LogP contribution in [-0.2, 0) is 11.3 Å². The van der Waals surface area contributed by atoms with Crippen LogP contribution in [0, 0.1) is 0 Å². The van der Waals surface area contributed by atoms with E-state index in [1.807, 2.05) is 42.5 Å². The molecular formula is C17H14BrNO3. The van der Waals surface area contributed by atoms with Gasteiger partial charge in [0.2, 0.25) is 12.7 Å². The number of hydrogen-bond acceptors (Lipinski definition) is 3. The molecule has 2 aromatic carbocycles. The molecule has 3 rings (SSSR count). The lowest BCUT2D eigenvalue weighted by Crippen LogP contribution is -2.20. The van der Waals surface area contributed by atoms with Crippen molar-refractivity contribution < 1.29 is 14.3 Å². The van der Waals surface area contributed by atoms with Crippen molar-refractivity contribution in [3.63, 3.8) is 0 Å². The lowest BCUT2D eigenvalue weighted by atomic mass is 10.2. The standard InChI is InChI=1S/C17H14BrNO3/c18-14-3-1-2-12(8-14)5-7-17(20)19-10-13-4-6-15-16(9-13)22-11-21-15/h1-9H,10-11H2,(H,19,20)/b7-5+. The zero-order valence-electron chi connectivity index (χ0n) is 11.7. The highest BCUT2D eigenvalue weighted by molar-refractivity contribution is 9.10. The Morgan fingerprint density at radius 3 is 2.91 bits per heavy atom. The molecule has 0 bridgehead atoms. The minimum Gasteiger partial charge on any atom is -0.454 e. The molecule has 0 spiro atoms. The average Bonchev–Trinajstić information content (AvgIpc) is 2.98. The van der Waals surface area contributed by atoms with E-state index >= 15 is 0 Å². The first kappa shape index (κ1) is 14.7. The smallest absolute Gasteiger partial charge is 0.244 e. The van der Waals surface area contributed by atoms with Crippen LogP contribution >= 0.6 is 15.9 Å². The van der Waals surface area contributed by atoms with Crippen LogP contribution < -0.4 is 14.8 Å². The third kappa shape index (κ3) is 3.68. The van der Waals surface area contributed by atoms with Crippen LogP contribution in [0.5, 0.6) is 11.5 Å². The summed E-state index contributed by atoms with van der Waals surface area (Å²) in [5, 5.41) is 2.84. The molecule has 0 saturated heterocycles. The average molecular weight is 360 g/mol. The molecule has 0 radical (unpaired) electrons. The van der Waals surface area contributed by atoms with Gasteiger partial charge in [-0.05, 0) is 41.5 Å². The fourth-order valence-electron chi connectivity index (χ4n) is 2.08. The maximum Gasteiger partial charge on any atom is 0.244 e. The molecule has 0 atom stereocenters. The van der Waals surface area contributed by atoms with Crippen molar-refractivity contribution in [1.29, 1.82) is 0 Å². The summed E-state index contributed by atoms with van der Waals surface area (Å²) < 4.78 is 11.5. The van der Waals surface area contributed by atoms with Crippen LogP contribution in [0.4, 0.5) is 0 Å². The molecule has 0 fully saturated rings. The van der Waals surface area contributed by atoms with Gasteiger partial charge in [-0.2, -0.15) is 0 Å². The van der Waals surface area contributed by atoms with Gasteiger partial charge in [0.15, 0.2) is 11.5 Å². The third-order valence-electron chi connectivity index (χ3n) is 3.18. The number of carbonyl (C=O) groups excluding carboxylic acids is 1. The van der Waals surface area contributed by atoms with E-state index < -0.39 is 0 Å². The summed E-state index contributed by atoms with van der Waals surface area (Å²) in [5.74, 6) is 1.32. The van der Waals surface area contributed by atoms with Crippen molar-refractivity contribution >= 4 is 27.9 Å². The topological polar surface area (TPSA) is 47.6 Å². The fraction of sp³-hybridized carbons (Fsp3) is 0.118. The van der Waals surface area contributed by atoms with Crippen LogP contribution in [-0.4, -0.2) is 12.7 Å². The second kappa shape index (κ2) is 6.66. The highest BCUT2D eigenvalue weighted by atomic mass is 79.9. The lowest BCUT2D eigenvalue weighted by molar-refractivity contribution is -0.116. The van der Waals surface area contributed by atoms with Gasteiger partial charge in [0.05, 0.1) is 0 Å². The molecule has 0 saturated carbocycles. The number of fused-ring (bicyclic) bond motifs is 1. The first-order valence-corrected chi connectivity index (χ1v) is 7.60. The first-order chi connectivity index (χ1) is 10.7. The zero-order chi connectivity index (χ0) is 15.4. The van der Waals surface area contributed by atoms with E-state index in [0.717, 1.165) is 27.1 Å². The van der Waals surface area contributed by atoms with Gasteiger partial charge in [-0.1, -0.05) is 34.1 Å². The van der Waals surface area contributed by atoms with Crippen LogP contribution in [0.25, 0.3) is 6.08 Å². The lowest BCUT2D eigenvalue weighted by Gasteiger charge is -2.04. The second-order valence-corrected chi connectivity index (χ2v) is 5.71. The molecule has 22 heavy (non-hydrogen) atoms. The monoisotopic (exact) mass is 359 g/mol. The summed E-state index contributed by atoms with van der Waals surface area (Å²) in [6, 6.07) is 13.4. The predicted octanol–water partition coefficient (Wildman–Crippen LogP) is 3.51. The van der Waals surface area contributed by atoms with E-state index in [1.165, 1.54) is 6.08 Å². The molecule has 5 heteroatoms. The summed E-state index contributed by atoms with van der Waals surface area (Å²) in [6.45, 7) is 0.693. The number of hydrogen-bond donors (Lipinski definition) is 1. The predicted molar refractivity (Wildman–Crippen MR) is 87.6 cm³/mol. The van der Waals surface area contributed by atoms with Crippen molar-refractivity contribution in [1.82, 2.24) is 5.32 Å². The highest BCUT2D eigenvalue weighted by Crippen LogP contribution is 2.32. The third-order valence-corrected chi connectivity index (χ3v) is 3.67. The Bertz CT molecular complexity index is 728. The van der Waals surface area contributed by atoms with Crippen molar-refractivity contribution in [3.8, 4) is 11.5 Å². The number of ether oxygens (including phenoxy) is 2. The summed E-state index contributed by atoms with van der Waals surface area (Å²) in [4.78, 5) is 11.8. The molecular weight excluding hydrogens is 346 g/mol. The van der Waals surface area contributed by atoms with Gasteiger partial charge >= 0.3 is 0 Å². The summed E-state index contributed by atoms with van der Waals surface area (Å²) in [6.07, 6.45) is 3.30. The molecule has 4 nitrogen and oxygen atoms in total. The van der Waals surface area contributed by atoms with Crippen molar-refractivity contribution in [3.05, 3.63) is 64.1 Å². The number of benzene rings is 2. The van der Waals surface area contributed by atoms with E-state index in [-0.39, 0.29) is 12.7 Å². The van der Waals surface area contributed by atoms with E-state index in [1.54, 1.807) is 6.08 Å². The van der Waals surface area contributed by atoms with Crippen LogP contribution in [0.3, 0.4) is 0 Å². The maximum absolute atomic E-state index is 11.8. The second-order valence-electron chi connectivity index (χ2n) is 4.79. The van der Waals surface area contributed by atoms with E-state index in [2.05, 4.69) is 21.2 Å². The summed E-state index contributed by atoms with van der Waals surface area (Å²) in [7, 11) is 0. The van der Waals surface area contributed by atoms with Gasteiger partial charge in [-0.15, -0.1) is 0 Å². The molecule has 1 N–H and O–H groups in total. The minimum absolute atomic E-state index is 0.141. The first-order valence-electron chi connectivity index (χ1n) is 6.81. The van der Waals surface area contributed by atoms with Crippen molar-refractivity contribution in [2.75, 3.05) is 6.79 Å². The largest absolute Gasteiger partial charge is 0.454 e. The fourth-order valence-corrected chi connectivity index (χ4v) is 2.50. The molecule has 0 unspecified atom stereocenters. The Hall–Kier alpha value is -2.27. The van der Waals surface area contributed by atoms with E-state index in [9.17, 15) is 4.79 Å². The highest BCUT2D eigenvalue weighted by Gasteiger charge is 2.13. The van der Waals surface area contributed by atoms with E-state index in [4.69, 9.17) is 9.47 Å². The minimum atomic E-state index is -0.141. The van der Waals surface area contributed by atoms with Gasteiger partial charge in [0.25, 0.3) is 0 Å². The summed E-state index contributed by atoms with van der Waals surface area (Å²) >= 11 is 3.40. The molecule has 2 aromatic rings. The molecule has 112 valence electrons. The van der Waals surface area contributed by atoms with Crippen LogP contribution in [0.15, 0.2) is 53.0 Å². The number of rotatable bonds is 4. The van der Waals surface area contributed by atoms with Crippen LogP contribution in [0.1, 0.15) is 11.1 Å². The van der Waals surface area contributed by atoms with E-state index in [0.29, 0.717) is 6.54 Å².